The maximum absolute atomic E-state index is 12.5. The van der Waals surface area contributed by atoms with E-state index in [1.165, 1.54) is 31.4 Å². The van der Waals surface area contributed by atoms with Crippen LogP contribution >= 0.6 is 24.0 Å². The molecule has 0 aromatic heterocycles. The molecule has 0 radical (unpaired) electrons. The predicted octanol–water partition coefficient (Wildman–Crippen LogP) is 2.06. The number of aliphatic imine (C=N–C) groups is 1. The molecule has 0 bridgehead atoms. The number of piperazine rings is 1. The number of nitrogens with zero attached hydrogens (tertiary/aromatic N) is 3. The Bertz CT molecular complexity index is 581. The van der Waals surface area contributed by atoms with E-state index in [0.717, 1.165) is 32.1 Å². The first-order valence-electron chi connectivity index (χ1n) is 9.31. The van der Waals surface area contributed by atoms with Crippen molar-refractivity contribution in [1.82, 2.24) is 15.5 Å². The molecule has 1 aromatic carbocycles. The molecule has 1 saturated carbocycles. The van der Waals surface area contributed by atoms with Gasteiger partial charge in [-0.3, -0.25) is 9.79 Å². The highest BCUT2D eigenvalue weighted by atomic mass is 127. The molecule has 3 rings (SSSR count). The third-order valence-corrected chi connectivity index (χ3v) is 5.08. The quantitative estimate of drug-likeness (QED) is 0.401. The van der Waals surface area contributed by atoms with Gasteiger partial charge in [-0.2, -0.15) is 0 Å². The van der Waals surface area contributed by atoms with Gasteiger partial charge in [-0.05, 0) is 25.0 Å². The summed E-state index contributed by atoms with van der Waals surface area (Å²) in [5.41, 5.74) is 1.23. The van der Waals surface area contributed by atoms with Crippen LogP contribution in [0.5, 0.6) is 0 Å². The molecule has 1 heterocycles. The molecule has 2 N–H and O–H groups in total. The van der Waals surface area contributed by atoms with E-state index in [-0.39, 0.29) is 29.9 Å². The summed E-state index contributed by atoms with van der Waals surface area (Å²) in [7, 11) is 1.76. The molecule has 144 valence electrons. The summed E-state index contributed by atoms with van der Waals surface area (Å²) in [4.78, 5) is 21.0. The Hall–Kier alpha value is -1.51. The first-order chi connectivity index (χ1) is 12.3. The highest BCUT2D eigenvalue weighted by Crippen LogP contribution is 2.17. The van der Waals surface area contributed by atoms with Gasteiger partial charge < -0.3 is 20.4 Å². The zero-order chi connectivity index (χ0) is 17.5. The largest absolute Gasteiger partial charge is 0.368 e. The SMILES string of the molecule is CN=C(NCC(=O)N1CCN(c2ccccc2)CC1)NC1CCCC1.I. The molecule has 26 heavy (non-hydrogen) atoms. The Morgan fingerprint density at radius 1 is 1.12 bits per heavy atom. The van der Waals surface area contributed by atoms with Gasteiger partial charge in [0.1, 0.15) is 0 Å². The molecule has 1 amide bonds. The second-order valence-electron chi connectivity index (χ2n) is 6.75. The minimum atomic E-state index is 0. The van der Waals surface area contributed by atoms with Crippen LogP contribution in [0.2, 0.25) is 0 Å². The fourth-order valence-corrected chi connectivity index (χ4v) is 3.58. The highest BCUT2D eigenvalue weighted by molar-refractivity contribution is 14.0. The van der Waals surface area contributed by atoms with Crippen molar-refractivity contribution in [1.29, 1.82) is 0 Å². The lowest BCUT2D eigenvalue weighted by atomic mass is 10.2. The number of anilines is 1. The summed E-state index contributed by atoms with van der Waals surface area (Å²) in [5.74, 6) is 0.880. The van der Waals surface area contributed by atoms with E-state index in [1.54, 1.807) is 7.05 Å². The van der Waals surface area contributed by atoms with Gasteiger partial charge in [-0.1, -0.05) is 31.0 Å². The predicted molar refractivity (Wildman–Crippen MR) is 117 cm³/mol. The van der Waals surface area contributed by atoms with Crippen LogP contribution < -0.4 is 15.5 Å². The van der Waals surface area contributed by atoms with E-state index in [4.69, 9.17) is 0 Å². The van der Waals surface area contributed by atoms with Crippen LogP contribution in [0.4, 0.5) is 5.69 Å². The number of amides is 1. The van der Waals surface area contributed by atoms with Crippen LogP contribution in [0.3, 0.4) is 0 Å². The molecule has 2 aliphatic rings. The van der Waals surface area contributed by atoms with E-state index >= 15 is 0 Å². The van der Waals surface area contributed by atoms with Crippen molar-refractivity contribution in [3.8, 4) is 0 Å². The molecule has 7 heteroatoms. The molecular weight excluding hydrogens is 441 g/mol. The summed E-state index contributed by atoms with van der Waals surface area (Å²) >= 11 is 0. The fourth-order valence-electron chi connectivity index (χ4n) is 3.58. The molecule has 1 aliphatic carbocycles. The van der Waals surface area contributed by atoms with Gasteiger partial charge in [0.15, 0.2) is 5.96 Å². The third kappa shape index (κ3) is 5.75. The first-order valence-corrected chi connectivity index (χ1v) is 9.31. The summed E-state index contributed by atoms with van der Waals surface area (Å²) < 4.78 is 0. The molecule has 1 saturated heterocycles. The van der Waals surface area contributed by atoms with E-state index in [0.29, 0.717) is 12.6 Å². The molecule has 0 atom stereocenters. The van der Waals surface area contributed by atoms with Gasteiger partial charge in [-0.25, -0.2) is 0 Å². The molecule has 1 aromatic rings. The number of rotatable bonds is 4. The van der Waals surface area contributed by atoms with E-state index < -0.39 is 0 Å². The van der Waals surface area contributed by atoms with Gasteiger partial charge in [0, 0.05) is 45.0 Å². The van der Waals surface area contributed by atoms with Gasteiger partial charge >= 0.3 is 0 Å². The lowest BCUT2D eigenvalue weighted by molar-refractivity contribution is -0.130. The van der Waals surface area contributed by atoms with Crippen molar-refractivity contribution in [2.45, 2.75) is 31.7 Å². The van der Waals surface area contributed by atoms with Gasteiger partial charge in [0.2, 0.25) is 5.91 Å². The number of hydrogen-bond acceptors (Lipinski definition) is 3. The number of carbonyl (C=O) groups is 1. The Labute approximate surface area is 173 Å². The van der Waals surface area contributed by atoms with Crippen LogP contribution in [-0.4, -0.2) is 62.6 Å². The van der Waals surface area contributed by atoms with Crippen molar-refractivity contribution in [2.75, 3.05) is 44.7 Å². The number of guanidine groups is 1. The molecule has 0 spiro atoms. The summed E-state index contributed by atoms with van der Waals surface area (Å²) in [6.07, 6.45) is 4.94. The van der Waals surface area contributed by atoms with Gasteiger partial charge in [0.05, 0.1) is 6.54 Å². The summed E-state index contributed by atoms with van der Waals surface area (Å²) in [6.45, 7) is 3.60. The Morgan fingerprint density at radius 3 is 2.38 bits per heavy atom. The maximum Gasteiger partial charge on any atom is 0.242 e. The number of benzene rings is 1. The Morgan fingerprint density at radius 2 is 1.77 bits per heavy atom. The van der Waals surface area contributed by atoms with Crippen LogP contribution in [0.1, 0.15) is 25.7 Å². The van der Waals surface area contributed by atoms with Crippen molar-refractivity contribution < 1.29 is 4.79 Å². The molecule has 1 aliphatic heterocycles. The third-order valence-electron chi connectivity index (χ3n) is 5.08. The second-order valence-corrected chi connectivity index (χ2v) is 6.75. The fraction of sp³-hybridized carbons (Fsp3) is 0.579. The number of para-hydroxylation sites is 1. The van der Waals surface area contributed by atoms with Crippen LogP contribution in [0.25, 0.3) is 0 Å². The van der Waals surface area contributed by atoms with Crippen molar-refractivity contribution >= 4 is 41.5 Å². The average molecular weight is 471 g/mol. The minimum Gasteiger partial charge on any atom is -0.368 e. The number of carbonyl (C=O) groups excluding carboxylic acids is 1. The van der Waals surface area contributed by atoms with Gasteiger partial charge in [-0.15, -0.1) is 24.0 Å². The lowest BCUT2D eigenvalue weighted by Gasteiger charge is -2.36. The summed E-state index contributed by atoms with van der Waals surface area (Å²) in [6, 6.07) is 10.9. The number of hydrogen-bond donors (Lipinski definition) is 2. The molecule has 6 nitrogen and oxygen atoms in total. The second kappa shape index (κ2) is 10.6. The average Bonchev–Trinajstić information content (AvgIpc) is 3.19. The topological polar surface area (TPSA) is 60.0 Å². The van der Waals surface area contributed by atoms with Crippen LogP contribution in [-0.2, 0) is 4.79 Å². The van der Waals surface area contributed by atoms with Crippen molar-refractivity contribution in [2.24, 2.45) is 4.99 Å². The normalized spacial score (nSPS) is 18.4. The van der Waals surface area contributed by atoms with Crippen LogP contribution in [0, 0.1) is 0 Å². The molecule has 0 unspecified atom stereocenters. The Kier molecular flexibility index (Phi) is 8.47. The monoisotopic (exact) mass is 471 g/mol. The molecule has 2 fully saturated rings. The first kappa shape index (κ1) is 20.8. The minimum absolute atomic E-state index is 0. The zero-order valence-electron chi connectivity index (χ0n) is 15.5. The lowest BCUT2D eigenvalue weighted by Crippen LogP contribution is -2.52. The van der Waals surface area contributed by atoms with Crippen molar-refractivity contribution in [3.63, 3.8) is 0 Å². The zero-order valence-corrected chi connectivity index (χ0v) is 17.8. The number of halogens is 1. The van der Waals surface area contributed by atoms with Crippen molar-refractivity contribution in [3.05, 3.63) is 30.3 Å². The number of nitrogens with one attached hydrogen (secondary N) is 2. The Balaban J connectivity index is 0.00000243. The van der Waals surface area contributed by atoms with Gasteiger partial charge in [0.25, 0.3) is 0 Å². The maximum atomic E-state index is 12.5. The van der Waals surface area contributed by atoms with E-state index in [1.807, 2.05) is 11.0 Å². The smallest absolute Gasteiger partial charge is 0.242 e. The van der Waals surface area contributed by atoms with E-state index in [9.17, 15) is 4.79 Å². The standard InChI is InChI=1S/C19H29N5O.HI/c1-20-19(22-16-7-5-6-8-16)21-15-18(25)24-13-11-23(12-14-24)17-9-3-2-4-10-17;/h2-4,9-10,16H,5-8,11-15H2,1H3,(H2,20,21,22);1H. The van der Waals surface area contributed by atoms with E-state index in [2.05, 4.69) is 44.8 Å². The highest BCUT2D eigenvalue weighted by Gasteiger charge is 2.22. The summed E-state index contributed by atoms with van der Waals surface area (Å²) in [5, 5.41) is 6.58. The molecular formula is C19H30IN5O. The van der Waals surface area contributed by atoms with Crippen LogP contribution in [0.15, 0.2) is 35.3 Å².